The van der Waals surface area contributed by atoms with Crippen LogP contribution in [0.4, 0.5) is 8.78 Å². The summed E-state index contributed by atoms with van der Waals surface area (Å²) in [6.45, 7) is 0. The van der Waals surface area contributed by atoms with Crippen molar-refractivity contribution < 1.29 is 18.7 Å². The number of allylic oxidation sites excluding steroid dienone is 2. The van der Waals surface area contributed by atoms with Crippen molar-refractivity contribution in [3.05, 3.63) is 46.9 Å². The molecule has 0 spiro atoms. The monoisotopic (exact) mass is 225 g/mol. The number of Topliss-reactive ketones (excluding diaryl/α,β-unsaturated/α-hetero) is 1. The van der Waals surface area contributed by atoms with E-state index in [9.17, 15) is 18.7 Å². The zero-order valence-electron chi connectivity index (χ0n) is 8.21. The lowest BCUT2D eigenvalue weighted by Gasteiger charge is -2.08. The summed E-state index contributed by atoms with van der Waals surface area (Å²) in [5.41, 5.74) is 5.64. The summed E-state index contributed by atoms with van der Waals surface area (Å²) < 4.78 is 25.9. The van der Waals surface area contributed by atoms with E-state index in [1.165, 1.54) is 0 Å². The Bertz CT molecular complexity index is 477. The zero-order valence-corrected chi connectivity index (χ0v) is 8.21. The number of nitrogens with two attached hydrogens (primary N) is 1. The molecule has 0 fully saturated rings. The van der Waals surface area contributed by atoms with E-state index in [1.54, 1.807) is 0 Å². The number of hydrogen-bond donors (Lipinski definition) is 2. The van der Waals surface area contributed by atoms with Crippen LogP contribution >= 0.6 is 0 Å². The maximum atomic E-state index is 12.9. The van der Waals surface area contributed by atoms with Crippen LogP contribution in [0.2, 0.25) is 0 Å². The van der Waals surface area contributed by atoms with Crippen LogP contribution in [0, 0.1) is 11.6 Å². The number of ketones is 1. The molecule has 2 rings (SSSR count). The zero-order chi connectivity index (χ0) is 11.9. The lowest BCUT2D eigenvalue weighted by Crippen LogP contribution is -2.09. The first kappa shape index (κ1) is 10.6. The Morgan fingerprint density at radius 3 is 2.25 bits per heavy atom. The van der Waals surface area contributed by atoms with Gasteiger partial charge in [-0.25, -0.2) is 8.78 Å². The number of benzene rings is 1. The third-order valence-electron chi connectivity index (χ3n) is 2.57. The van der Waals surface area contributed by atoms with Crippen molar-refractivity contribution in [1.29, 1.82) is 0 Å². The molecule has 1 aromatic carbocycles. The lowest BCUT2D eigenvalue weighted by molar-refractivity contribution is -0.118. The molecule has 0 radical (unpaired) electrons. The highest BCUT2D eigenvalue weighted by molar-refractivity contribution is 6.01. The van der Waals surface area contributed by atoms with Gasteiger partial charge in [0.25, 0.3) is 0 Å². The molecule has 1 atom stereocenters. The molecular formula is C11H9F2NO2. The molecule has 1 aromatic rings. The summed E-state index contributed by atoms with van der Waals surface area (Å²) in [6, 6.07) is 2.86. The first-order valence-corrected chi connectivity index (χ1v) is 4.67. The predicted octanol–water partition coefficient (Wildman–Crippen LogP) is 1.75. The molecule has 1 aliphatic carbocycles. The van der Waals surface area contributed by atoms with Gasteiger partial charge in [-0.15, -0.1) is 0 Å². The van der Waals surface area contributed by atoms with Crippen LogP contribution in [0.5, 0.6) is 0 Å². The van der Waals surface area contributed by atoms with Crippen molar-refractivity contribution in [2.75, 3.05) is 0 Å². The fourth-order valence-electron chi connectivity index (χ4n) is 1.78. The van der Waals surface area contributed by atoms with Crippen molar-refractivity contribution in [2.24, 2.45) is 5.73 Å². The Labute approximate surface area is 90.2 Å². The van der Waals surface area contributed by atoms with Gasteiger partial charge < -0.3 is 10.8 Å². The lowest BCUT2D eigenvalue weighted by atomic mass is 9.95. The van der Waals surface area contributed by atoms with Gasteiger partial charge in [0.15, 0.2) is 5.76 Å². The molecule has 0 aliphatic heterocycles. The van der Waals surface area contributed by atoms with Gasteiger partial charge in [0.2, 0.25) is 5.78 Å². The number of rotatable bonds is 1. The maximum absolute atomic E-state index is 12.9. The fourth-order valence-corrected chi connectivity index (χ4v) is 1.78. The van der Waals surface area contributed by atoms with Crippen molar-refractivity contribution >= 4 is 5.78 Å². The highest BCUT2D eigenvalue weighted by Crippen LogP contribution is 2.32. The molecular weight excluding hydrogens is 216 g/mol. The van der Waals surface area contributed by atoms with Gasteiger partial charge in [0.05, 0.1) is 11.6 Å². The molecule has 0 aromatic heterocycles. The van der Waals surface area contributed by atoms with E-state index in [-0.39, 0.29) is 17.7 Å². The van der Waals surface area contributed by atoms with E-state index in [0.29, 0.717) is 0 Å². The highest BCUT2D eigenvalue weighted by Gasteiger charge is 2.33. The molecule has 1 aliphatic rings. The molecule has 0 amide bonds. The SMILES string of the molecule is NC1=C(O)C(=O)[C@H](c2cc(F)cc(F)c2)C1. The van der Waals surface area contributed by atoms with Gasteiger partial charge in [-0.2, -0.15) is 0 Å². The average molecular weight is 225 g/mol. The second-order valence-corrected chi connectivity index (χ2v) is 3.70. The summed E-state index contributed by atoms with van der Waals surface area (Å²) in [4.78, 5) is 11.5. The molecule has 3 nitrogen and oxygen atoms in total. The molecule has 0 unspecified atom stereocenters. The van der Waals surface area contributed by atoms with Gasteiger partial charge in [0.1, 0.15) is 11.6 Å². The standard InChI is InChI=1S/C11H9F2NO2/c12-6-1-5(2-7(13)3-6)8-4-9(14)11(16)10(8)15/h1-3,8,16H,4,14H2/t8-/m0/s1. The highest BCUT2D eigenvalue weighted by atomic mass is 19.1. The van der Waals surface area contributed by atoms with Crippen molar-refractivity contribution in [3.8, 4) is 0 Å². The number of carbonyl (C=O) groups excluding carboxylic acids is 1. The van der Waals surface area contributed by atoms with Gasteiger partial charge >= 0.3 is 0 Å². The Hall–Kier alpha value is -1.91. The van der Waals surface area contributed by atoms with Crippen LogP contribution in [0.25, 0.3) is 0 Å². The Kier molecular flexibility index (Phi) is 2.38. The third-order valence-corrected chi connectivity index (χ3v) is 2.57. The van der Waals surface area contributed by atoms with Gasteiger partial charge in [-0.1, -0.05) is 0 Å². The molecule has 3 N–H and O–H groups in total. The summed E-state index contributed by atoms with van der Waals surface area (Å²) in [5.74, 6) is -3.40. The number of aliphatic hydroxyl groups excluding tert-OH is 1. The quantitative estimate of drug-likeness (QED) is 0.765. The average Bonchev–Trinajstić information content (AvgIpc) is 2.44. The first-order chi connectivity index (χ1) is 7.49. The van der Waals surface area contributed by atoms with Gasteiger partial charge in [0, 0.05) is 12.5 Å². The summed E-state index contributed by atoms with van der Waals surface area (Å²) in [5, 5.41) is 9.25. The number of hydrogen-bond acceptors (Lipinski definition) is 3. The minimum Gasteiger partial charge on any atom is -0.503 e. The molecule has 0 heterocycles. The van der Waals surface area contributed by atoms with Crippen LogP contribution < -0.4 is 5.73 Å². The fraction of sp³-hybridized carbons (Fsp3) is 0.182. The normalized spacial score (nSPS) is 20.6. The van der Waals surface area contributed by atoms with Crippen molar-refractivity contribution in [3.63, 3.8) is 0 Å². The largest absolute Gasteiger partial charge is 0.503 e. The summed E-state index contributed by atoms with van der Waals surface area (Å²) in [6.07, 6.45) is 0.0908. The van der Waals surface area contributed by atoms with Crippen LogP contribution in [0.1, 0.15) is 17.9 Å². The Balaban J connectivity index is 2.38. The van der Waals surface area contributed by atoms with Gasteiger partial charge in [-0.05, 0) is 17.7 Å². The third kappa shape index (κ3) is 1.64. The van der Waals surface area contributed by atoms with E-state index in [1.807, 2.05) is 0 Å². The van der Waals surface area contributed by atoms with E-state index in [4.69, 9.17) is 5.73 Å². The van der Waals surface area contributed by atoms with Crippen LogP contribution in [0.15, 0.2) is 29.7 Å². The minimum atomic E-state index is -0.787. The van der Waals surface area contributed by atoms with Crippen molar-refractivity contribution in [1.82, 2.24) is 0 Å². The number of aliphatic hydroxyl groups is 1. The second kappa shape index (κ2) is 3.59. The predicted molar refractivity (Wildman–Crippen MR) is 52.6 cm³/mol. The molecule has 84 valence electrons. The molecule has 0 bridgehead atoms. The Morgan fingerprint density at radius 2 is 1.81 bits per heavy atom. The summed E-state index contributed by atoms with van der Waals surface area (Å²) >= 11 is 0. The van der Waals surface area contributed by atoms with Crippen molar-refractivity contribution in [2.45, 2.75) is 12.3 Å². The Morgan fingerprint density at radius 1 is 1.25 bits per heavy atom. The molecule has 16 heavy (non-hydrogen) atoms. The summed E-state index contributed by atoms with van der Waals surface area (Å²) in [7, 11) is 0. The second-order valence-electron chi connectivity index (χ2n) is 3.70. The molecule has 0 saturated carbocycles. The van der Waals surface area contributed by atoms with Gasteiger partial charge in [-0.3, -0.25) is 4.79 Å². The maximum Gasteiger partial charge on any atom is 0.206 e. The minimum absolute atomic E-state index is 0.0552. The molecule has 0 saturated heterocycles. The van der Waals surface area contributed by atoms with Crippen LogP contribution in [-0.2, 0) is 4.79 Å². The smallest absolute Gasteiger partial charge is 0.206 e. The first-order valence-electron chi connectivity index (χ1n) is 4.67. The van der Waals surface area contributed by atoms with E-state index >= 15 is 0 Å². The van der Waals surface area contributed by atoms with E-state index < -0.39 is 29.1 Å². The topological polar surface area (TPSA) is 63.3 Å². The molecule has 5 heteroatoms. The number of carbonyl (C=O) groups is 1. The number of halogens is 2. The van der Waals surface area contributed by atoms with Crippen LogP contribution in [0.3, 0.4) is 0 Å². The van der Waals surface area contributed by atoms with E-state index in [0.717, 1.165) is 18.2 Å². The van der Waals surface area contributed by atoms with Crippen LogP contribution in [-0.4, -0.2) is 10.9 Å². The van der Waals surface area contributed by atoms with E-state index in [2.05, 4.69) is 0 Å².